The molecule has 2 aromatic carbocycles. The molecule has 2 N–H and O–H groups in total. The van der Waals surface area contributed by atoms with Crippen molar-refractivity contribution in [3.8, 4) is 5.75 Å². The molecule has 1 aliphatic rings. The summed E-state index contributed by atoms with van der Waals surface area (Å²) in [7, 11) is 0. The van der Waals surface area contributed by atoms with E-state index in [0.717, 1.165) is 4.90 Å². The molecule has 30 heavy (non-hydrogen) atoms. The molecule has 7 heteroatoms. The van der Waals surface area contributed by atoms with E-state index in [1.807, 2.05) is 13.8 Å². The molecule has 0 aromatic heterocycles. The largest absolute Gasteiger partial charge is 0.507 e. The Balaban J connectivity index is 2.05. The maximum Gasteiger partial charge on any atom is 0.295 e. The molecule has 0 saturated carbocycles. The highest BCUT2D eigenvalue weighted by atomic mass is 19.1. The Bertz CT molecular complexity index is 968. The SMILES string of the molecule is CC(C)COc1ccc(C(O)=C2C(=O)C(=O)N(CCO)C2c2ccccc2F)cc1. The molecule has 158 valence electrons. The summed E-state index contributed by atoms with van der Waals surface area (Å²) in [6.45, 7) is 4.01. The molecule has 1 fully saturated rings. The van der Waals surface area contributed by atoms with Gasteiger partial charge in [0.1, 0.15) is 17.3 Å². The Kier molecular flexibility index (Phi) is 6.52. The molecular formula is C23H24FNO5. The van der Waals surface area contributed by atoms with Crippen molar-refractivity contribution < 1.29 is 28.9 Å². The first-order chi connectivity index (χ1) is 14.3. The van der Waals surface area contributed by atoms with Gasteiger partial charge >= 0.3 is 0 Å². The van der Waals surface area contributed by atoms with Crippen LogP contribution in [0.15, 0.2) is 54.1 Å². The Labute approximate surface area is 174 Å². The fourth-order valence-corrected chi connectivity index (χ4v) is 3.37. The van der Waals surface area contributed by atoms with Crippen LogP contribution in [-0.4, -0.2) is 46.6 Å². The van der Waals surface area contributed by atoms with Crippen molar-refractivity contribution in [1.82, 2.24) is 4.90 Å². The number of ether oxygens (including phenoxy) is 1. The van der Waals surface area contributed by atoms with E-state index in [1.165, 1.54) is 18.2 Å². The highest BCUT2D eigenvalue weighted by molar-refractivity contribution is 6.46. The minimum atomic E-state index is -1.13. The summed E-state index contributed by atoms with van der Waals surface area (Å²) in [5.74, 6) is -1.88. The number of aliphatic hydroxyl groups is 2. The second-order valence-corrected chi connectivity index (χ2v) is 7.47. The topological polar surface area (TPSA) is 87.1 Å². The van der Waals surface area contributed by atoms with Gasteiger partial charge in [0.2, 0.25) is 0 Å². The highest BCUT2D eigenvalue weighted by Crippen LogP contribution is 2.40. The smallest absolute Gasteiger partial charge is 0.295 e. The Morgan fingerprint density at radius 1 is 1.13 bits per heavy atom. The maximum absolute atomic E-state index is 14.5. The number of Topliss-reactive ketones (excluding diaryl/α,β-unsaturated/α-hetero) is 1. The first-order valence-corrected chi connectivity index (χ1v) is 9.72. The van der Waals surface area contributed by atoms with Crippen LogP contribution in [0, 0.1) is 11.7 Å². The molecule has 0 spiro atoms. The molecule has 0 radical (unpaired) electrons. The van der Waals surface area contributed by atoms with Crippen LogP contribution in [0.5, 0.6) is 5.75 Å². The number of hydrogen-bond donors (Lipinski definition) is 2. The predicted octanol–water partition coefficient (Wildman–Crippen LogP) is 3.27. The molecule has 1 atom stereocenters. The van der Waals surface area contributed by atoms with Crippen LogP contribution < -0.4 is 4.74 Å². The standard InChI is InChI=1S/C23H24FNO5/c1-14(2)13-30-16-9-7-15(8-10-16)21(27)19-20(17-5-3-4-6-18(17)24)25(11-12-26)23(29)22(19)28/h3-10,14,20,26-27H,11-13H2,1-2H3. The van der Waals surface area contributed by atoms with Crippen LogP contribution >= 0.6 is 0 Å². The Hall–Kier alpha value is -3.19. The van der Waals surface area contributed by atoms with E-state index in [0.29, 0.717) is 23.8 Å². The number of β-amino-alcohol motifs (C(OH)–C–C–N with tert-alkyl or cyclic N) is 1. The minimum Gasteiger partial charge on any atom is -0.507 e. The summed E-state index contributed by atoms with van der Waals surface area (Å²) in [4.78, 5) is 26.3. The monoisotopic (exact) mass is 413 g/mol. The van der Waals surface area contributed by atoms with Gasteiger partial charge in [-0.2, -0.15) is 0 Å². The molecular weight excluding hydrogens is 389 g/mol. The van der Waals surface area contributed by atoms with Gasteiger partial charge in [0.25, 0.3) is 11.7 Å². The van der Waals surface area contributed by atoms with Crippen LogP contribution in [-0.2, 0) is 9.59 Å². The molecule has 1 heterocycles. The average molecular weight is 413 g/mol. The molecule has 0 aliphatic carbocycles. The highest BCUT2D eigenvalue weighted by Gasteiger charge is 2.46. The zero-order chi connectivity index (χ0) is 21.8. The van der Waals surface area contributed by atoms with E-state index in [9.17, 15) is 24.2 Å². The van der Waals surface area contributed by atoms with E-state index in [2.05, 4.69) is 0 Å². The molecule has 6 nitrogen and oxygen atoms in total. The normalized spacial score (nSPS) is 18.3. The number of ketones is 1. The van der Waals surface area contributed by atoms with Gasteiger partial charge in [0.15, 0.2) is 0 Å². The number of hydrogen-bond acceptors (Lipinski definition) is 5. The van der Waals surface area contributed by atoms with Crippen LogP contribution in [0.2, 0.25) is 0 Å². The van der Waals surface area contributed by atoms with Gasteiger partial charge in [-0.05, 0) is 36.2 Å². The summed E-state index contributed by atoms with van der Waals surface area (Å²) >= 11 is 0. The van der Waals surface area contributed by atoms with E-state index in [4.69, 9.17) is 4.74 Å². The Morgan fingerprint density at radius 2 is 1.80 bits per heavy atom. The van der Waals surface area contributed by atoms with E-state index < -0.39 is 35.9 Å². The quantitative estimate of drug-likeness (QED) is 0.413. The predicted molar refractivity (Wildman–Crippen MR) is 109 cm³/mol. The summed E-state index contributed by atoms with van der Waals surface area (Å²) in [6, 6.07) is 11.1. The van der Waals surface area contributed by atoms with Crippen molar-refractivity contribution in [2.45, 2.75) is 19.9 Å². The van der Waals surface area contributed by atoms with Gasteiger partial charge in [-0.3, -0.25) is 9.59 Å². The summed E-state index contributed by atoms with van der Waals surface area (Å²) in [6.07, 6.45) is 0. The molecule has 3 rings (SSSR count). The van der Waals surface area contributed by atoms with Gasteiger partial charge in [-0.25, -0.2) is 4.39 Å². The number of carbonyl (C=O) groups is 2. The number of carbonyl (C=O) groups excluding carboxylic acids is 2. The lowest BCUT2D eigenvalue weighted by Gasteiger charge is -2.24. The fourth-order valence-electron chi connectivity index (χ4n) is 3.37. The van der Waals surface area contributed by atoms with Crippen LogP contribution in [0.1, 0.15) is 31.0 Å². The zero-order valence-corrected chi connectivity index (χ0v) is 16.8. The van der Waals surface area contributed by atoms with Crippen molar-refractivity contribution in [3.05, 3.63) is 71.0 Å². The zero-order valence-electron chi connectivity index (χ0n) is 16.8. The third-order valence-electron chi connectivity index (χ3n) is 4.79. The minimum absolute atomic E-state index is 0.0728. The second-order valence-electron chi connectivity index (χ2n) is 7.47. The number of aliphatic hydroxyl groups excluding tert-OH is 2. The average Bonchev–Trinajstić information content (AvgIpc) is 2.97. The molecule has 1 unspecified atom stereocenters. The third kappa shape index (κ3) is 4.21. The lowest BCUT2D eigenvalue weighted by Crippen LogP contribution is -2.32. The molecule has 1 amide bonds. The van der Waals surface area contributed by atoms with Crippen molar-refractivity contribution in [2.24, 2.45) is 5.92 Å². The summed E-state index contributed by atoms with van der Waals surface area (Å²) in [5, 5.41) is 20.2. The van der Waals surface area contributed by atoms with Crippen molar-refractivity contribution in [3.63, 3.8) is 0 Å². The molecule has 2 aromatic rings. The number of benzene rings is 2. The lowest BCUT2D eigenvalue weighted by molar-refractivity contribution is -0.140. The maximum atomic E-state index is 14.5. The number of halogens is 1. The van der Waals surface area contributed by atoms with Crippen molar-refractivity contribution in [2.75, 3.05) is 19.8 Å². The summed E-state index contributed by atoms with van der Waals surface area (Å²) in [5.41, 5.74) is 0.160. The Morgan fingerprint density at radius 3 is 2.40 bits per heavy atom. The third-order valence-corrected chi connectivity index (χ3v) is 4.79. The second kappa shape index (κ2) is 9.09. The first kappa shape index (κ1) is 21.5. The number of likely N-dealkylation sites (tertiary alicyclic amines) is 1. The van der Waals surface area contributed by atoms with Crippen molar-refractivity contribution >= 4 is 17.4 Å². The van der Waals surface area contributed by atoms with Gasteiger partial charge in [-0.1, -0.05) is 32.0 Å². The molecule has 0 bridgehead atoms. The first-order valence-electron chi connectivity index (χ1n) is 9.72. The number of amides is 1. The molecule has 1 aliphatic heterocycles. The van der Waals surface area contributed by atoms with Crippen LogP contribution in [0.25, 0.3) is 5.76 Å². The van der Waals surface area contributed by atoms with Crippen LogP contribution in [0.3, 0.4) is 0 Å². The van der Waals surface area contributed by atoms with E-state index in [-0.39, 0.29) is 17.7 Å². The van der Waals surface area contributed by atoms with Gasteiger partial charge in [0.05, 0.1) is 24.8 Å². The van der Waals surface area contributed by atoms with E-state index >= 15 is 0 Å². The van der Waals surface area contributed by atoms with Gasteiger partial charge in [-0.15, -0.1) is 0 Å². The van der Waals surface area contributed by atoms with Crippen LogP contribution in [0.4, 0.5) is 4.39 Å². The van der Waals surface area contributed by atoms with Crippen molar-refractivity contribution in [1.29, 1.82) is 0 Å². The van der Waals surface area contributed by atoms with Gasteiger partial charge in [0, 0.05) is 17.7 Å². The summed E-state index contributed by atoms with van der Waals surface area (Å²) < 4.78 is 20.1. The number of nitrogens with zero attached hydrogens (tertiary/aromatic N) is 1. The van der Waals surface area contributed by atoms with Gasteiger partial charge < -0.3 is 19.8 Å². The number of rotatable bonds is 7. The van der Waals surface area contributed by atoms with E-state index in [1.54, 1.807) is 30.3 Å². The lowest BCUT2D eigenvalue weighted by atomic mass is 9.95. The fraction of sp³-hybridized carbons (Fsp3) is 0.304. The molecule has 1 saturated heterocycles.